The van der Waals surface area contributed by atoms with E-state index in [0.29, 0.717) is 0 Å². The van der Waals surface area contributed by atoms with Crippen molar-refractivity contribution in [3.63, 3.8) is 0 Å². The second-order valence-corrected chi connectivity index (χ2v) is 6.38. The van der Waals surface area contributed by atoms with E-state index in [1.807, 2.05) is 0 Å². The maximum absolute atomic E-state index is 15.5. The van der Waals surface area contributed by atoms with E-state index in [2.05, 4.69) is 10.3 Å². The predicted octanol–water partition coefficient (Wildman–Crippen LogP) is 3.49. The topological polar surface area (TPSA) is 82.5 Å². The molecular weight excluding hydrogens is 389 g/mol. The van der Waals surface area contributed by atoms with Crippen molar-refractivity contribution in [2.45, 2.75) is 25.1 Å². The fourth-order valence-electron chi connectivity index (χ4n) is 2.45. The van der Waals surface area contributed by atoms with Gasteiger partial charge in [-0.2, -0.15) is 0 Å². The van der Waals surface area contributed by atoms with Gasteiger partial charge >= 0.3 is 0 Å². The Kier molecular flexibility index (Phi) is 6.75. The van der Waals surface area contributed by atoms with Crippen molar-refractivity contribution in [2.75, 3.05) is 6.61 Å². The number of carbonyl (C=O) groups excluding carboxylic acids is 1. The van der Waals surface area contributed by atoms with E-state index in [4.69, 9.17) is 28.3 Å². The molecule has 0 saturated carbocycles. The van der Waals surface area contributed by atoms with Crippen LogP contribution in [-0.2, 0) is 17.0 Å². The van der Waals surface area contributed by atoms with Crippen molar-refractivity contribution >= 4 is 29.1 Å². The van der Waals surface area contributed by atoms with Gasteiger partial charge in [0.2, 0.25) is 11.5 Å². The van der Waals surface area contributed by atoms with E-state index in [1.54, 1.807) is 0 Å². The Morgan fingerprint density at radius 2 is 2.08 bits per heavy atom. The minimum Gasteiger partial charge on any atom is -0.493 e. The molecule has 0 radical (unpaired) electrons. The number of nitrogens with zero attached hydrogens (tertiary/aromatic N) is 1. The molecule has 1 heterocycles. The number of aromatic nitrogens is 1. The highest BCUT2D eigenvalue weighted by Crippen LogP contribution is 2.36. The third-order valence-electron chi connectivity index (χ3n) is 3.78. The van der Waals surface area contributed by atoms with Crippen LogP contribution in [0.3, 0.4) is 0 Å². The van der Waals surface area contributed by atoms with E-state index in [9.17, 15) is 14.3 Å². The van der Waals surface area contributed by atoms with Crippen LogP contribution in [0.1, 0.15) is 24.0 Å². The minimum atomic E-state index is -2.66. The fourth-order valence-corrected chi connectivity index (χ4v) is 2.98. The van der Waals surface area contributed by atoms with Gasteiger partial charge in [0.15, 0.2) is 0 Å². The molecule has 0 aliphatic heterocycles. The van der Waals surface area contributed by atoms with Crippen molar-refractivity contribution in [1.29, 1.82) is 0 Å². The predicted molar refractivity (Wildman–Crippen MR) is 93.3 cm³/mol. The van der Waals surface area contributed by atoms with Crippen molar-refractivity contribution in [3.05, 3.63) is 57.5 Å². The number of aliphatic hydroxyl groups excluding tert-OH is 1. The molecule has 0 aliphatic rings. The van der Waals surface area contributed by atoms with E-state index in [1.165, 1.54) is 24.4 Å². The Morgan fingerprint density at radius 3 is 2.69 bits per heavy atom. The number of halogens is 4. The first-order valence-corrected chi connectivity index (χ1v) is 8.41. The lowest BCUT2D eigenvalue weighted by Crippen LogP contribution is -2.41. The van der Waals surface area contributed by atoms with Gasteiger partial charge in [-0.05, 0) is 37.1 Å². The van der Waals surface area contributed by atoms with E-state index in [-0.39, 0.29) is 40.7 Å². The first kappa shape index (κ1) is 20.4. The lowest BCUT2D eigenvalue weighted by Gasteiger charge is -2.25. The quantitative estimate of drug-likeness (QED) is 0.659. The summed E-state index contributed by atoms with van der Waals surface area (Å²) in [5.74, 6) is -2.50. The number of nitrogens with one attached hydrogen (secondary N) is 1. The zero-order valence-electron chi connectivity index (χ0n) is 13.5. The van der Waals surface area contributed by atoms with Gasteiger partial charge in [0, 0.05) is 35.0 Å². The molecule has 0 aliphatic carbocycles. The SMILES string of the molecule is O=C(NCc1c(F)cc(Cl)cc1Cl)[C@](F)(CCCO)c1cccnc1O. The summed E-state index contributed by atoms with van der Waals surface area (Å²) in [6, 6.07) is 4.91. The number of pyridine rings is 1. The highest BCUT2D eigenvalue weighted by molar-refractivity contribution is 6.35. The number of aliphatic hydroxyl groups is 1. The third kappa shape index (κ3) is 4.41. The summed E-state index contributed by atoms with van der Waals surface area (Å²) in [6.45, 7) is -0.732. The summed E-state index contributed by atoms with van der Waals surface area (Å²) in [4.78, 5) is 16.1. The Labute approximate surface area is 158 Å². The molecule has 1 aromatic carbocycles. The molecule has 0 saturated heterocycles. The van der Waals surface area contributed by atoms with Crippen LogP contribution in [0.2, 0.25) is 10.0 Å². The van der Waals surface area contributed by atoms with Crippen LogP contribution in [0.5, 0.6) is 5.88 Å². The molecule has 0 bridgehead atoms. The maximum atomic E-state index is 15.5. The molecule has 2 rings (SSSR count). The van der Waals surface area contributed by atoms with Gasteiger partial charge in [0.05, 0.1) is 5.56 Å². The van der Waals surface area contributed by atoms with Gasteiger partial charge in [0.25, 0.3) is 5.91 Å². The molecule has 3 N–H and O–H groups in total. The van der Waals surface area contributed by atoms with Gasteiger partial charge in [-0.3, -0.25) is 4.79 Å². The number of amides is 1. The molecule has 0 spiro atoms. The van der Waals surface area contributed by atoms with Crippen LogP contribution < -0.4 is 5.32 Å². The van der Waals surface area contributed by atoms with Crippen molar-refractivity contribution in [2.24, 2.45) is 0 Å². The molecular formula is C17H16Cl2F2N2O3. The van der Waals surface area contributed by atoms with Crippen LogP contribution in [-0.4, -0.2) is 27.7 Å². The molecule has 5 nitrogen and oxygen atoms in total. The summed E-state index contributed by atoms with van der Waals surface area (Å²) in [5, 5.41) is 21.1. The van der Waals surface area contributed by atoms with Crippen LogP contribution >= 0.6 is 23.2 Å². The number of rotatable bonds is 7. The van der Waals surface area contributed by atoms with Crippen LogP contribution in [0.25, 0.3) is 0 Å². The molecule has 1 atom stereocenters. The number of carbonyl (C=O) groups is 1. The Morgan fingerprint density at radius 1 is 1.35 bits per heavy atom. The highest BCUT2D eigenvalue weighted by Gasteiger charge is 2.42. The van der Waals surface area contributed by atoms with Crippen LogP contribution in [0.4, 0.5) is 8.78 Å². The molecule has 1 aromatic heterocycles. The maximum Gasteiger partial charge on any atom is 0.262 e. The zero-order valence-corrected chi connectivity index (χ0v) is 15.0. The molecule has 0 fully saturated rings. The zero-order chi connectivity index (χ0) is 19.3. The number of alkyl halides is 1. The standard InChI is InChI=1S/C17H16Cl2F2N2O3/c18-10-7-13(19)11(14(20)8-10)9-23-16(26)17(21,4-2-6-24)12-3-1-5-22-15(12)25/h1,3,5,7-8,24H,2,4,6,9H2,(H,22,25)(H,23,26)/t17-/m0/s1. The fraction of sp³-hybridized carbons (Fsp3) is 0.294. The summed E-state index contributed by atoms with van der Waals surface area (Å²) in [5.41, 5.74) is -3.05. The number of benzene rings is 1. The van der Waals surface area contributed by atoms with Gasteiger partial charge in [-0.1, -0.05) is 23.2 Å². The van der Waals surface area contributed by atoms with Crippen molar-refractivity contribution in [3.8, 4) is 5.88 Å². The van der Waals surface area contributed by atoms with Gasteiger partial charge in [-0.15, -0.1) is 0 Å². The normalized spacial score (nSPS) is 13.3. The summed E-state index contributed by atoms with van der Waals surface area (Å²) >= 11 is 11.6. The second-order valence-electron chi connectivity index (χ2n) is 5.53. The Bertz CT molecular complexity index is 784. The Hall–Kier alpha value is -1.96. The minimum absolute atomic E-state index is 0.0145. The average molecular weight is 405 g/mol. The first-order valence-electron chi connectivity index (χ1n) is 7.65. The number of aromatic hydroxyl groups is 1. The molecule has 2 aromatic rings. The Balaban J connectivity index is 2.27. The third-order valence-corrected chi connectivity index (χ3v) is 4.34. The highest BCUT2D eigenvalue weighted by atomic mass is 35.5. The largest absolute Gasteiger partial charge is 0.493 e. The van der Waals surface area contributed by atoms with Crippen molar-refractivity contribution in [1.82, 2.24) is 10.3 Å². The lowest BCUT2D eigenvalue weighted by atomic mass is 9.90. The lowest BCUT2D eigenvalue weighted by molar-refractivity contribution is -0.134. The van der Waals surface area contributed by atoms with Gasteiger partial charge < -0.3 is 15.5 Å². The summed E-state index contributed by atoms with van der Waals surface area (Å²) < 4.78 is 29.4. The monoisotopic (exact) mass is 404 g/mol. The molecule has 9 heteroatoms. The second kappa shape index (κ2) is 8.62. The van der Waals surface area contributed by atoms with Crippen LogP contribution in [0, 0.1) is 5.82 Å². The van der Waals surface area contributed by atoms with E-state index < -0.39 is 29.7 Å². The first-order chi connectivity index (χ1) is 12.3. The molecule has 0 unspecified atom stereocenters. The van der Waals surface area contributed by atoms with Crippen LogP contribution in [0.15, 0.2) is 30.5 Å². The molecule has 1 amide bonds. The molecule has 26 heavy (non-hydrogen) atoms. The van der Waals surface area contributed by atoms with Gasteiger partial charge in [-0.25, -0.2) is 13.8 Å². The van der Waals surface area contributed by atoms with Gasteiger partial charge in [0.1, 0.15) is 5.82 Å². The van der Waals surface area contributed by atoms with Crippen molar-refractivity contribution < 1.29 is 23.8 Å². The summed E-state index contributed by atoms with van der Waals surface area (Å²) in [6.07, 6.45) is 0.811. The molecule has 140 valence electrons. The average Bonchev–Trinajstić information content (AvgIpc) is 2.58. The summed E-state index contributed by atoms with van der Waals surface area (Å²) in [7, 11) is 0. The number of hydrogen-bond acceptors (Lipinski definition) is 4. The number of hydrogen-bond donors (Lipinski definition) is 3. The van der Waals surface area contributed by atoms with E-state index >= 15 is 4.39 Å². The van der Waals surface area contributed by atoms with E-state index in [0.717, 1.165) is 6.07 Å². The smallest absolute Gasteiger partial charge is 0.262 e.